The molecule has 1 fully saturated rings. The number of piperidine rings is 1. The fourth-order valence-corrected chi connectivity index (χ4v) is 3.29. The molecule has 118 valence electrons. The Balaban J connectivity index is 2.12. The van der Waals surface area contributed by atoms with E-state index in [9.17, 15) is 14.4 Å². The van der Waals surface area contributed by atoms with E-state index in [-0.39, 0.29) is 11.8 Å². The molecule has 2 amide bonds. The Morgan fingerprint density at radius 1 is 1.35 bits per heavy atom. The van der Waals surface area contributed by atoms with Crippen LogP contribution in [0, 0.1) is 0 Å². The van der Waals surface area contributed by atoms with Crippen LogP contribution in [0.3, 0.4) is 0 Å². The summed E-state index contributed by atoms with van der Waals surface area (Å²) in [5.41, 5.74) is 1.89. The predicted molar refractivity (Wildman–Crippen MR) is 89.4 cm³/mol. The standard InChI is InChI=1S/C16H14BrN3O3/c1-20(12-4-5-13(22)19-16(12)23)11-3-2-10(17)15-14(11)9(8-21)6-7-18-15/h2-3,6-8,12H,4-5H2,1H3,(H,19,22,23). The fourth-order valence-electron chi connectivity index (χ4n) is 2.85. The van der Waals surface area contributed by atoms with E-state index >= 15 is 0 Å². The monoisotopic (exact) mass is 375 g/mol. The van der Waals surface area contributed by atoms with Gasteiger partial charge in [0.2, 0.25) is 11.8 Å². The van der Waals surface area contributed by atoms with E-state index in [2.05, 4.69) is 26.2 Å². The summed E-state index contributed by atoms with van der Waals surface area (Å²) >= 11 is 3.44. The second kappa shape index (κ2) is 6.08. The maximum Gasteiger partial charge on any atom is 0.249 e. The summed E-state index contributed by atoms with van der Waals surface area (Å²) in [6.45, 7) is 0. The molecule has 0 bridgehead atoms. The Labute approximate surface area is 141 Å². The molecule has 1 aromatic carbocycles. The molecule has 3 rings (SSSR count). The summed E-state index contributed by atoms with van der Waals surface area (Å²) in [7, 11) is 1.78. The van der Waals surface area contributed by atoms with Gasteiger partial charge in [-0.1, -0.05) is 0 Å². The van der Waals surface area contributed by atoms with Crippen molar-refractivity contribution in [1.82, 2.24) is 10.3 Å². The molecule has 1 aliphatic rings. The maximum absolute atomic E-state index is 12.1. The van der Waals surface area contributed by atoms with Crippen molar-refractivity contribution in [2.45, 2.75) is 18.9 Å². The largest absolute Gasteiger partial charge is 0.362 e. The van der Waals surface area contributed by atoms with Gasteiger partial charge >= 0.3 is 0 Å². The van der Waals surface area contributed by atoms with E-state index < -0.39 is 6.04 Å². The first-order valence-corrected chi connectivity index (χ1v) is 7.91. The van der Waals surface area contributed by atoms with Crippen LogP contribution in [0.1, 0.15) is 23.2 Å². The van der Waals surface area contributed by atoms with Gasteiger partial charge in [0.25, 0.3) is 0 Å². The van der Waals surface area contributed by atoms with E-state index in [0.29, 0.717) is 29.3 Å². The number of pyridine rings is 1. The van der Waals surface area contributed by atoms with Gasteiger partial charge in [0.05, 0.1) is 5.52 Å². The molecule has 0 aliphatic carbocycles. The van der Waals surface area contributed by atoms with E-state index in [0.717, 1.165) is 16.4 Å². The van der Waals surface area contributed by atoms with Crippen LogP contribution < -0.4 is 10.2 Å². The van der Waals surface area contributed by atoms with E-state index in [4.69, 9.17) is 0 Å². The van der Waals surface area contributed by atoms with Crippen LogP contribution in [0.2, 0.25) is 0 Å². The number of amides is 2. The van der Waals surface area contributed by atoms with Crippen molar-refractivity contribution in [3.05, 3.63) is 34.4 Å². The molecule has 1 aromatic heterocycles. The van der Waals surface area contributed by atoms with Crippen LogP contribution in [0.15, 0.2) is 28.9 Å². The minimum Gasteiger partial charge on any atom is -0.362 e. The van der Waals surface area contributed by atoms with Crippen LogP contribution in [-0.4, -0.2) is 36.2 Å². The van der Waals surface area contributed by atoms with E-state index in [1.54, 1.807) is 24.2 Å². The number of carbonyl (C=O) groups is 3. The molecule has 1 N–H and O–H groups in total. The average molecular weight is 376 g/mol. The quantitative estimate of drug-likeness (QED) is 0.655. The fraction of sp³-hybridized carbons (Fsp3) is 0.250. The molecule has 1 unspecified atom stereocenters. The van der Waals surface area contributed by atoms with Gasteiger partial charge < -0.3 is 4.90 Å². The Morgan fingerprint density at radius 2 is 2.13 bits per heavy atom. The molecule has 6 nitrogen and oxygen atoms in total. The summed E-state index contributed by atoms with van der Waals surface area (Å²) in [6, 6.07) is 4.85. The van der Waals surface area contributed by atoms with Crippen LogP contribution in [-0.2, 0) is 9.59 Å². The zero-order valence-corrected chi connectivity index (χ0v) is 14.0. The molecule has 1 atom stereocenters. The highest BCUT2D eigenvalue weighted by atomic mass is 79.9. The number of benzene rings is 1. The van der Waals surface area contributed by atoms with Crippen molar-refractivity contribution in [2.24, 2.45) is 0 Å². The number of hydrogen-bond acceptors (Lipinski definition) is 5. The second-order valence-corrected chi connectivity index (χ2v) is 6.24. The smallest absolute Gasteiger partial charge is 0.249 e. The number of hydrogen-bond donors (Lipinski definition) is 1. The van der Waals surface area contributed by atoms with Crippen LogP contribution in [0.4, 0.5) is 5.69 Å². The summed E-state index contributed by atoms with van der Waals surface area (Å²) in [5, 5.41) is 3.04. The zero-order chi connectivity index (χ0) is 16.6. The number of aldehydes is 1. The number of nitrogens with zero attached hydrogens (tertiary/aromatic N) is 2. The normalized spacial score (nSPS) is 17.9. The lowest BCUT2D eigenvalue weighted by atomic mass is 10.0. The highest BCUT2D eigenvalue weighted by Crippen LogP contribution is 2.34. The third-order valence-electron chi connectivity index (χ3n) is 4.04. The minimum atomic E-state index is -0.461. The lowest BCUT2D eigenvalue weighted by molar-refractivity contribution is -0.134. The molecule has 0 saturated carbocycles. The van der Waals surface area contributed by atoms with Gasteiger partial charge in [-0.05, 0) is 40.5 Å². The zero-order valence-electron chi connectivity index (χ0n) is 12.4. The van der Waals surface area contributed by atoms with Crippen molar-refractivity contribution in [2.75, 3.05) is 11.9 Å². The molecular formula is C16H14BrN3O3. The SMILES string of the molecule is CN(c1ccc(Br)c2nccc(C=O)c12)C1CCC(=O)NC1=O. The molecule has 23 heavy (non-hydrogen) atoms. The summed E-state index contributed by atoms with van der Waals surface area (Å²) in [4.78, 5) is 41.0. The van der Waals surface area contributed by atoms with Crippen molar-refractivity contribution in [3.63, 3.8) is 0 Å². The van der Waals surface area contributed by atoms with Crippen molar-refractivity contribution in [3.8, 4) is 0 Å². The van der Waals surface area contributed by atoms with Gasteiger partial charge in [-0.3, -0.25) is 24.7 Å². The van der Waals surface area contributed by atoms with Crippen LogP contribution >= 0.6 is 15.9 Å². The molecular weight excluding hydrogens is 362 g/mol. The van der Waals surface area contributed by atoms with Gasteiger partial charge in [-0.15, -0.1) is 0 Å². The maximum atomic E-state index is 12.1. The van der Waals surface area contributed by atoms with E-state index in [1.165, 1.54) is 0 Å². The van der Waals surface area contributed by atoms with Gasteiger partial charge in [-0.2, -0.15) is 0 Å². The second-order valence-electron chi connectivity index (χ2n) is 5.39. The van der Waals surface area contributed by atoms with Gasteiger partial charge in [0.1, 0.15) is 6.04 Å². The molecule has 2 heterocycles. The number of aromatic nitrogens is 1. The highest BCUT2D eigenvalue weighted by Gasteiger charge is 2.31. The number of likely N-dealkylation sites (N-methyl/N-ethyl adjacent to an activating group) is 1. The number of nitrogens with one attached hydrogen (secondary N) is 1. The number of anilines is 1. The Morgan fingerprint density at radius 3 is 2.83 bits per heavy atom. The van der Waals surface area contributed by atoms with Crippen molar-refractivity contribution < 1.29 is 14.4 Å². The molecule has 1 aliphatic heterocycles. The molecule has 1 saturated heterocycles. The van der Waals surface area contributed by atoms with Crippen molar-refractivity contribution >= 4 is 50.6 Å². The molecule has 0 radical (unpaired) electrons. The number of rotatable bonds is 3. The predicted octanol–water partition coefficient (Wildman–Crippen LogP) is 2.05. The summed E-state index contributed by atoms with van der Waals surface area (Å²) in [6.07, 6.45) is 3.09. The summed E-state index contributed by atoms with van der Waals surface area (Å²) in [5.74, 6) is -0.577. The van der Waals surface area contributed by atoms with Gasteiger partial charge in [0.15, 0.2) is 6.29 Å². The number of halogens is 1. The first-order valence-electron chi connectivity index (χ1n) is 7.12. The van der Waals surface area contributed by atoms with Gasteiger partial charge in [-0.25, -0.2) is 0 Å². The Hall–Kier alpha value is -2.28. The lowest BCUT2D eigenvalue weighted by Gasteiger charge is -2.32. The lowest BCUT2D eigenvalue weighted by Crippen LogP contribution is -2.51. The minimum absolute atomic E-state index is 0.254. The molecule has 0 spiro atoms. The highest BCUT2D eigenvalue weighted by molar-refractivity contribution is 9.10. The topological polar surface area (TPSA) is 79.4 Å². The summed E-state index contributed by atoms with van der Waals surface area (Å²) < 4.78 is 0.775. The first-order chi connectivity index (χ1) is 11.0. The van der Waals surface area contributed by atoms with E-state index in [1.807, 2.05) is 12.1 Å². The average Bonchev–Trinajstić information content (AvgIpc) is 2.54. The van der Waals surface area contributed by atoms with Crippen LogP contribution in [0.5, 0.6) is 0 Å². The molecule has 7 heteroatoms. The number of imide groups is 1. The van der Waals surface area contributed by atoms with Crippen LogP contribution in [0.25, 0.3) is 10.9 Å². The Kier molecular flexibility index (Phi) is 4.12. The first kappa shape index (κ1) is 15.6. The van der Waals surface area contributed by atoms with Crippen molar-refractivity contribution in [1.29, 1.82) is 0 Å². The molecule has 2 aromatic rings. The number of carbonyl (C=O) groups excluding carboxylic acids is 3. The van der Waals surface area contributed by atoms with Gasteiger partial charge in [0, 0.05) is 40.8 Å². The third kappa shape index (κ3) is 2.72. The Bertz CT molecular complexity index is 822. The third-order valence-corrected chi connectivity index (χ3v) is 4.68. The number of fused-ring (bicyclic) bond motifs is 1.